The summed E-state index contributed by atoms with van der Waals surface area (Å²) in [4.78, 5) is 1.20. The van der Waals surface area contributed by atoms with Crippen LogP contribution in [-0.2, 0) is 0 Å². The van der Waals surface area contributed by atoms with E-state index in [1.54, 1.807) is 30.4 Å². The van der Waals surface area contributed by atoms with Crippen molar-refractivity contribution in [3.8, 4) is 12.1 Å². The highest BCUT2D eigenvalue weighted by Crippen LogP contribution is 2.10. The summed E-state index contributed by atoms with van der Waals surface area (Å²) in [6, 6.07) is 7.57. The lowest BCUT2D eigenvalue weighted by Gasteiger charge is -1.76. The van der Waals surface area contributed by atoms with E-state index in [1.807, 2.05) is 45.2 Å². The first kappa shape index (κ1) is 22.7. The molecule has 0 N–H and O–H groups in total. The van der Waals surface area contributed by atoms with Crippen LogP contribution in [0.3, 0.4) is 0 Å². The maximum Gasteiger partial charge on any atom is 0.118 e. The third-order valence-corrected chi connectivity index (χ3v) is 2.70. The van der Waals surface area contributed by atoms with Crippen molar-refractivity contribution in [3.05, 3.63) is 70.3 Å². The maximum atomic E-state index is 8.31. The smallest absolute Gasteiger partial charge is 0.118 e. The Bertz CT molecular complexity index is 662. The number of thiophene rings is 1. The van der Waals surface area contributed by atoms with Gasteiger partial charge in [0.2, 0.25) is 0 Å². The van der Waals surface area contributed by atoms with Gasteiger partial charge < -0.3 is 4.42 Å². The van der Waals surface area contributed by atoms with Gasteiger partial charge in [0.25, 0.3) is 0 Å². The second kappa shape index (κ2) is 14.4. The SMILES string of the molecule is C=C(C)C.C=CC.Cc1cc(C#N)cs1.Cc1occc1C#N. The normalized spacial score (nSPS) is 7.61. The van der Waals surface area contributed by atoms with Gasteiger partial charge in [-0.1, -0.05) is 11.6 Å². The Morgan fingerprint density at radius 3 is 1.96 bits per heavy atom. The molecular formula is C19H24N2OS. The van der Waals surface area contributed by atoms with Crippen LogP contribution in [0.1, 0.15) is 42.5 Å². The predicted molar refractivity (Wildman–Crippen MR) is 98.3 cm³/mol. The second-order valence-electron chi connectivity index (χ2n) is 4.68. The van der Waals surface area contributed by atoms with E-state index in [-0.39, 0.29) is 0 Å². The second-order valence-corrected chi connectivity index (χ2v) is 5.79. The van der Waals surface area contributed by atoms with Crippen molar-refractivity contribution in [3.63, 3.8) is 0 Å². The number of hydrogen-bond acceptors (Lipinski definition) is 4. The minimum atomic E-state index is 0.616. The van der Waals surface area contributed by atoms with Gasteiger partial charge in [-0.15, -0.1) is 24.5 Å². The first-order valence-corrected chi connectivity index (χ1v) is 7.78. The molecule has 4 heteroatoms. The van der Waals surface area contributed by atoms with E-state index in [9.17, 15) is 0 Å². The molecule has 0 spiro atoms. The average Bonchev–Trinajstić information content (AvgIpc) is 3.08. The van der Waals surface area contributed by atoms with Gasteiger partial charge in [0.05, 0.1) is 23.5 Å². The summed E-state index contributed by atoms with van der Waals surface area (Å²) in [5.74, 6) is 0.688. The Morgan fingerprint density at radius 1 is 1.26 bits per heavy atom. The van der Waals surface area contributed by atoms with Gasteiger partial charge in [-0.25, -0.2) is 0 Å². The monoisotopic (exact) mass is 328 g/mol. The van der Waals surface area contributed by atoms with Crippen LogP contribution in [0.15, 0.2) is 53.0 Å². The molecular weight excluding hydrogens is 304 g/mol. The molecule has 0 fully saturated rings. The van der Waals surface area contributed by atoms with Crippen LogP contribution >= 0.6 is 11.3 Å². The van der Waals surface area contributed by atoms with Gasteiger partial charge in [0.1, 0.15) is 11.8 Å². The van der Waals surface area contributed by atoms with Crippen molar-refractivity contribution in [2.45, 2.75) is 34.6 Å². The molecule has 0 unspecified atom stereocenters. The summed E-state index contributed by atoms with van der Waals surface area (Å²) >= 11 is 1.61. The van der Waals surface area contributed by atoms with Crippen LogP contribution in [-0.4, -0.2) is 0 Å². The number of hydrogen-bond donors (Lipinski definition) is 0. The highest BCUT2D eigenvalue weighted by Gasteiger charge is 1.95. The Morgan fingerprint density at radius 2 is 1.78 bits per heavy atom. The molecule has 0 atom stereocenters. The first-order valence-electron chi connectivity index (χ1n) is 6.90. The molecule has 2 heterocycles. The molecule has 0 aliphatic carbocycles. The summed E-state index contributed by atoms with van der Waals surface area (Å²) < 4.78 is 4.83. The Kier molecular flexibility index (Phi) is 14.2. The Balaban J connectivity index is 0. The fourth-order valence-corrected chi connectivity index (χ4v) is 1.63. The zero-order chi connectivity index (χ0) is 18.3. The number of nitrogens with zero attached hydrogens (tertiary/aromatic N) is 2. The molecule has 0 saturated heterocycles. The lowest BCUT2D eigenvalue weighted by Crippen LogP contribution is -1.67. The zero-order valence-electron chi connectivity index (χ0n) is 14.5. The van der Waals surface area contributed by atoms with Gasteiger partial charge in [0, 0.05) is 10.3 Å². The van der Waals surface area contributed by atoms with Crippen LogP contribution in [0.25, 0.3) is 0 Å². The molecule has 122 valence electrons. The summed E-state index contributed by atoms with van der Waals surface area (Å²) in [5, 5.41) is 18.5. The van der Waals surface area contributed by atoms with Crippen molar-refractivity contribution < 1.29 is 4.42 Å². The molecule has 2 rings (SSSR count). The molecule has 3 nitrogen and oxygen atoms in total. The summed E-state index contributed by atoms with van der Waals surface area (Å²) in [6.07, 6.45) is 3.26. The molecule has 0 aliphatic rings. The van der Waals surface area contributed by atoms with Crippen LogP contribution < -0.4 is 0 Å². The number of aryl methyl sites for hydroxylation is 2. The van der Waals surface area contributed by atoms with Gasteiger partial charge in [-0.2, -0.15) is 10.5 Å². The molecule has 0 amide bonds. The molecule has 0 aromatic carbocycles. The lowest BCUT2D eigenvalue weighted by atomic mass is 10.3. The molecule has 0 bridgehead atoms. The van der Waals surface area contributed by atoms with Gasteiger partial charge in [0.15, 0.2) is 0 Å². The number of furan rings is 1. The van der Waals surface area contributed by atoms with Crippen LogP contribution in [0.4, 0.5) is 0 Å². The predicted octanol–water partition coefficient (Wildman–Crippen LogP) is 6.16. The highest BCUT2D eigenvalue weighted by atomic mass is 32.1. The maximum absolute atomic E-state index is 8.31. The van der Waals surface area contributed by atoms with Crippen molar-refractivity contribution in [2.24, 2.45) is 0 Å². The topological polar surface area (TPSA) is 60.7 Å². The van der Waals surface area contributed by atoms with E-state index in [0.717, 1.165) is 5.56 Å². The Hall–Kier alpha value is -2.56. The van der Waals surface area contributed by atoms with Gasteiger partial charge in [-0.05, 0) is 46.8 Å². The highest BCUT2D eigenvalue weighted by molar-refractivity contribution is 7.10. The van der Waals surface area contributed by atoms with Crippen molar-refractivity contribution >= 4 is 11.3 Å². The minimum Gasteiger partial charge on any atom is -0.468 e. The third-order valence-electron chi connectivity index (χ3n) is 1.84. The molecule has 0 saturated carbocycles. The van der Waals surface area contributed by atoms with E-state index in [2.05, 4.69) is 19.2 Å². The third kappa shape index (κ3) is 14.2. The minimum absolute atomic E-state index is 0.616. The lowest BCUT2D eigenvalue weighted by molar-refractivity contribution is 0.533. The van der Waals surface area contributed by atoms with Crippen molar-refractivity contribution in [1.82, 2.24) is 0 Å². The number of nitriles is 2. The molecule has 0 radical (unpaired) electrons. The van der Waals surface area contributed by atoms with Crippen molar-refractivity contribution in [1.29, 1.82) is 10.5 Å². The number of allylic oxidation sites excluding steroid dienone is 2. The van der Waals surface area contributed by atoms with Crippen LogP contribution in [0.5, 0.6) is 0 Å². The van der Waals surface area contributed by atoms with E-state index < -0.39 is 0 Å². The molecule has 2 aromatic heterocycles. The van der Waals surface area contributed by atoms with E-state index in [0.29, 0.717) is 11.3 Å². The summed E-state index contributed by atoms with van der Waals surface area (Å²) in [6.45, 7) is 16.5. The fourth-order valence-electron chi connectivity index (χ4n) is 1.00. The van der Waals surface area contributed by atoms with E-state index in [4.69, 9.17) is 14.9 Å². The molecule has 2 aromatic rings. The number of rotatable bonds is 0. The molecule has 23 heavy (non-hydrogen) atoms. The standard InChI is InChI=1S/C6H5NO.C6H5NS.C4H8.C3H6/c1-5-6(4-7)2-3-8-5;1-5-2-6(3-7)4-8-5;1-4(2)3;1-3-2/h2-3H,1H3;2,4H,1H3;1H2,2-3H3;3H,1H2,2H3. The molecule has 0 aliphatic heterocycles. The van der Waals surface area contributed by atoms with E-state index >= 15 is 0 Å². The van der Waals surface area contributed by atoms with Gasteiger partial charge in [-0.3, -0.25) is 0 Å². The van der Waals surface area contributed by atoms with Crippen LogP contribution in [0.2, 0.25) is 0 Å². The first-order chi connectivity index (χ1) is 10.8. The zero-order valence-corrected chi connectivity index (χ0v) is 15.3. The van der Waals surface area contributed by atoms with E-state index in [1.165, 1.54) is 16.7 Å². The fraction of sp³-hybridized carbons (Fsp3) is 0.263. The van der Waals surface area contributed by atoms with Crippen molar-refractivity contribution in [2.75, 3.05) is 0 Å². The summed E-state index contributed by atoms with van der Waals surface area (Å²) in [5.41, 5.74) is 2.55. The summed E-state index contributed by atoms with van der Waals surface area (Å²) in [7, 11) is 0. The average molecular weight is 328 g/mol. The Labute approximate surface area is 143 Å². The van der Waals surface area contributed by atoms with Crippen LogP contribution in [0, 0.1) is 36.5 Å². The largest absolute Gasteiger partial charge is 0.468 e. The van der Waals surface area contributed by atoms with Gasteiger partial charge >= 0.3 is 0 Å². The quantitative estimate of drug-likeness (QED) is 0.544.